The minimum Gasteiger partial charge on any atom is -0.504 e. The monoisotopic (exact) mass is 196 g/mol. The third-order valence-electron chi connectivity index (χ3n) is 1.79. The number of nitro benzene ring substituents is 1. The average molecular weight is 196 g/mol. The van der Waals surface area contributed by atoms with Crippen LogP contribution in [-0.4, -0.2) is 15.1 Å². The molecule has 0 aromatic heterocycles. The molecule has 0 aliphatic rings. The summed E-state index contributed by atoms with van der Waals surface area (Å²) in [4.78, 5) is 9.71. The number of phenols is 2. The fourth-order valence-corrected chi connectivity index (χ4v) is 1.15. The van der Waals surface area contributed by atoms with Gasteiger partial charge in [0.05, 0.1) is 4.92 Å². The van der Waals surface area contributed by atoms with Crippen LogP contribution in [0.3, 0.4) is 0 Å². The Labute approximate surface area is 80.8 Å². The SMILES string of the molecule is [CH2]CCc1cc(O)c(O)c([N+](=O)[O-])c1. The van der Waals surface area contributed by atoms with Crippen LogP contribution in [0.5, 0.6) is 11.5 Å². The largest absolute Gasteiger partial charge is 0.504 e. The van der Waals surface area contributed by atoms with Gasteiger partial charge in [-0.15, -0.1) is 0 Å². The predicted molar refractivity (Wildman–Crippen MR) is 50.1 cm³/mol. The first-order chi connectivity index (χ1) is 6.56. The van der Waals surface area contributed by atoms with Crippen LogP contribution in [0.15, 0.2) is 12.1 Å². The molecule has 2 N–H and O–H groups in total. The van der Waals surface area contributed by atoms with Crippen molar-refractivity contribution in [1.29, 1.82) is 0 Å². The zero-order valence-corrected chi connectivity index (χ0v) is 7.43. The van der Waals surface area contributed by atoms with Crippen molar-refractivity contribution < 1.29 is 15.1 Å². The van der Waals surface area contributed by atoms with Crippen molar-refractivity contribution >= 4 is 5.69 Å². The van der Waals surface area contributed by atoms with Crippen molar-refractivity contribution in [1.82, 2.24) is 0 Å². The predicted octanol–water partition coefficient (Wildman–Crippen LogP) is 1.77. The van der Waals surface area contributed by atoms with Crippen LogP contribution in [0.1, 0.15) is 12.0 Å². The molecule has 0 bridgehead atoms. The summed E-state index contributed by atoms with van der Waals surface area (Å²) in [5.41, 5.74) is 0.107. The molecule has 0 spiro atoms. The van der Waals surface area contributed by atoms with E-state index in [1.807, 2.05) is 0 Å². The van der Waals surface area contributed by atoms with Crippen LogP contribution in [0.4, 0.5) is 5.69 Å². The number of nitro groups is 1. The standard InChI is InChI=1S/C9H10NO4/c1-2-3-6-4-7(10(13)14)9(12)8(11)5-6/h4-5,11-12H,1-3H2. The summed E-state index contributed by atoms with van der Waals surface area (Å²) in [6, 6.07) is 2.54. The molecular weight excluding hydrogens is 186 g/mol. The van der Waals surface area contributed by atoms with E-state index < -0.39 is 22.1 Å². The zero-order valence-electron chi connectivity index (χ0n) is 7.43. The lowest BCUT2D eigenvalue weighted by molar-refractivity contribution is -0.386. The molecule has 75 valence electrons. The van der Waals surface area contributed by atoms with E-state index in [9.17, 15) is 15.2 Å². The lowest BCUT2D eigenvalue weighted by Crippen LogP contribution is -1.92. The maximum absolute atomic E-state index is 10.4. The van der Waals surface area contributed by atoms with E-state index in [-0.39, 0.29) is 0 Å². The van der Waals surface area contributed by atoms with Gasteiger partial charge < -0.3 is 10.2 Å². The molecule has 0 fully saturated rings. The molecule has 0 saturated heterocycles. The number of aryl methyl sites for hydroxylation is 1. The Balaban J connectivity index is 3.21. The Kier molecular flexibility index (Phi) is 2.91. The molecule has 0 atom stereocenters. The zero-order chi connectivity index (χ0) is 10.7. The average Bonchev–Trinajstić information content (AvgIpc) is 2.11. The number of hydrogen-bond donors (Lipinski definition) is 2. The van der Waals surface area contributed by atoms with Gasteiger partial charge in [0.1, 0.15) is 0 Å². The molecule has 5 heteroatoms. The van der Waals surface area contributed by atoms with Crippen molar-refractivity contribution in [2.75, 3.05) is 0 Å². The van der Waals surface area contributed by atoms with Crippen LogP contribution in [-0.2, 0) is 6.42 Å². The third-order valence-corrected chi connectivity index (χ3v) is 1.79. The minimum absolute atomic E-state index is 0.470. The molecule has 1 aromatic carbocycles. The number of rotatable bonds is 3. The Morgan fingerprint density at radius 2 is 2.07 bits per heavy atom. The van der Waals surface area contributed by atoms with Crippen molar-refractivity contribution in [3.05, 3.63) is 34.7 Å². The Hall–Kier alpha value is -1.78. The van der Waals surface area contributed by atoms with E-state index in [2.05, 4.69) is 6.92 Å². The summed E-state index contributed by atoms with van der Waals surface area (Å²) < 4.78 is 0. The highest BCUT2D eigenvalue weighted by Gasteiger charge is 2.18. The summed E-state index contributed by atoms with van der Waals surface area (Å²) in [5.74, 6) is -1.16. The quantitative estimate of drug-likeness (QED) is 0.438. The van der Waals surface area contributed by atoms with Gasteiger partial charge >= 0.3 is 5.69 Å². The van der Waals surface area contributed by atoms with Crippen molar-refractivity contribution in [2.45, 2.75) is 12.8 Å². The second-order valence-electron chi connectivity index (χ2n) is 2.84. The number of phenolic OH excluding ortho intramolecular Hbond substituents is 2. The van der Waals surface area contributed by atoms with Gasteiger partial charge in [-0.3, -0.25) is 10.1 Å². The van der Waals surface area contributed by atoms with Crippen LogP contribution < -0.4 is 0 Å². The van der Waals surface area contributed by atoms with Gasteiger partial charge in [0.25, 0.3) is 0 Å². The molecule has 0 aliphatic carbocycles. The van der Waals surface area contributed by atoms with Gasteiger partial charge in [0.15, 0.2) is 5.75 Å². The Morgan fingerprint density at radius 3 is 2.57 bits per heavy atom. The highest BCUT2D eigenvalue weighted by molar-refractivity contribution is 5.56. The highest BCUT2D eigenvalue weighted by atomic mass is 16.6. The molecular formula is C9H10NO4. The normalized spacial score (nSPS) is 10.1. The number of hydrogen-bond acceptors (Lipinski definition) is 4. The molecule has 1 rings (SSSR count). The summed E-state index contributed by atoms with van der Waals surface area (Å²) in [5, 5.41) is 28.8. The van der Waals surface area contributed by atoms with Crippen molar-refractivity contribution in [3.8, 4) is 11.5 Å². The first kappa shape index (κ1) is 10.3. The summed E-state index contributed by atoms with van der Waals surface area (Å²) in [6.07, 6.45) is 1.09. The first-order valence-electron chi connectivity index (χ1n) is 4.04. The van der Waals surface area contributed by atoms with Gasteiger partial charge in [-0.25, -0.2) is 0 Å². The van der Waals surface area contributed by atoms with Crippen molar-refractivity contribution in [3.63, 3.8) is 0 Å². The summed E-state index contributed by atoms with van der Waals surface area (Å²) in [6.45, 7) is 3.59. The Morgan fingerprint density at radius 1 is 1.43 bits per heavy atom. The van der Waals surface area contributed by atoms with E-state index >= 15 is 0 Å². The fourth-order valence-electron chi connectivity index (χ4n) is 1.15. The minimum atomic E-state index is -0.734. The second-order valence-corrected chi connectivity index (χ2v) is 2.84. The lowest BCUT2D eigenvalue weighted by atomic mass is 10.1. The van der Waals surface area contributed by atoms with E-state index in [1.165, 1.54) is 12.1 Å². The molecule has 0 heterocycles. The lowest BCUT2D eigenvalue weighted by Gasteiger charge is -2.02. The molecule has 5 nitrogen and oxygen atoms in total. The molecule has 0 amide bonds. The molecule has 14 heavy (non-hydrogen) atoms. The summed E-state index contributed by atoms with van der Waals surface area (Å²) >= 11 is 0. The van der Waals surface area contributed by atoms with E-state index in [4.69, 9.17) is 5.11 Å². The van der Waals surface area contributed by atoms with Crippen molar-refractivity contribution in [2.24, 2.45) is 0 Å². The first-order valence-corrected chi connectivity index (χ1v) is 4.04. The maximum atomic E-state index is 10.4. The Bertz CT molecular complexity index is 362. The van der Waals surface area contributed by atoms with Crippen LogP contribution in [0.2, 0.25) is 0 Å². The molecule has 0 unspecified atom stereocenters. The van der Waals surface area contributed by atoms with E-state index in [1.54, 1.807) is 0 Å². The molecule has 0 aliphatic heterocycles. The van der Waals surface area contributed by atoms with Gasteiger partial charge in [0, 0.05) is 6.07 Å². The topological polar surface area (TPSA) is 83.6 Å². The second kappa shape index (κ2) is 3.95. The van der Waals surface area contributed by atoms with Crippen LogP contribution in [0, 0.1) is 17.0 Å². The number of aromatic hydroxyl groups is 2. The van der Waals surface area contributed by atoms with E-state index in [0.29, 0.717) is 18.4 Å². The van der Waals surface area contributed by atoms with Crippen LogP contribution in [0.25, 0.3) is 0 Å². The number of nitrogens with zero attached hydrogens (tertiary/aromatic N) is 1. The maximum Gasteiger partial charge on any atom is 0.314 e. The smallest absolute Gasteiger partial charge is 0.314 e. The number of benzene rings is 1. The third kappa shape index (κ3) is 1.93. The van der Waals surface area contributed by atoms with Gasteiger partial charge in [0.2, 0.25) is 5.75 Å². The molecule has 0 saturated carbocycles. The van der Waals surface area contributed by atoms with Gasteiger partial charge in [-0.05, 0) is 24.5 Å². The highest BCUT2D eigenvalue weighted by Crippen LogP contribution is 2.36. The fraction of sp³-hybridized carbons (Fsp3) is 0.222. The summed E-state index contributed by atoms with van der Waals surface area (Å²) in [7, 11) is 0. The van der Waals surface area contributed by atoms with E-state index in [0.717, 1.165) is 0 Å². The van der Waals surface area contributed by atoms with Gasteiger partial charge in [-0.2, -0.15) is 0 Å². The molecule has 1 radical (unpaired) electrons. The van der Waals surface area contributed by atoms with Gasteiger partial charge in [-0.1, -0.05) is 6.92 Å². The van der Waals surface area contributed by atoms with Crippen LogP contribution >= 0.6 is 0 Å². The molecule has 1 aromatic rings.